The number of likely N-dealkylation sites (tertiary alicyclic amines) is 1. The van der Waals surface area contributed by atoms with E-state index in [9.17, 15) is 9.59 Å². The van der Waals surface area contributed by atoms with Crippen LogP contribution in [0.3, 0.4) is 0 Å². The van der Waals surface area contributed by atoms with E-state index in [1.807, 2.05) is 0 Å². The Morgan fingerprint density at radius 2 is 2.30 bits per heavy atom. The first-order valence-electron chi connectivity index (χ1n) is 6.40. The van der Waals surface area contributed by atoms with Gasteiger partial charge in [0, 0.05) is 19.2 Å². The van der Waals surface area contributed by atoms with Crippen LogP contribution in [0.1, 0.15) is 18.6 Å². The Bertz CT molecular complexity index is 523. The number of piperidine rings is 1. The summed E-state index contributed by atoms with van der Waals surface area (Å²) < 4.78 is 10.6. The average Bonchev–Trinajstić information content (AvgIpc) is 2.89. The van der Waals surface area contributed by atoms with Gasteiger partial charge >= 0.3 is 5.97 Å². The highest BCUT2D eigenvalue weighted by Crippen LogP contribution is 2.19. The number of ether oxygens (including phenoxy) is 1. The van der Waals surface area contributed by atoms with Gasteiger partial charge in [-0.05, 0) is 47.0 Å². The average molecular weight is 342 g/mol. The molecule has 2 heterocycles. The molecule has 1 aromatic rings. The second kappa shape index (κ2) is 6.74. The monoisotopic (exact) mass is 341 g/mol. The number of hydrogen-bond acceptors (Lipinski definition) is 4. The topological polar surface area (TPSA) is 59.8 Å². The van der Waals surface area contributed by atoms with Crippen molar-refractivity contribution in [2.45, 2.75) is 12.8 Å². The lowest BCUT2D eigenvalue weighted by atomic mass is 9.98. The second-order valence-electron chi connectivity index (χ2n) is 4.62. The van der Waals surface area contributed by atoms with Crippen molar-refractivity contribution in [2.24, 2.45) is 5.92 Å². The molecule has 20 heavy (non-hydrogen) atoms. The van der Waals surface area contributed by atoms with Gasteiger partial charge in [0.05, 0.1) is 13.0 Å². The summed E-state index contributed by atoms with van der Waals surface area (Å²) in [6.07, 6.45) is 4.66. The Balaban J connectivity index is 1.95. The molecule has 1 fully saturated rings. The zero-order valence-electron chi connectivity index (χ0n) is 11.2. The molecule has 0 unspecified atom stereocenters. The van der Waals surface area contributed by atoms with Crippen LogP contribution in [0.2, 0.25) is 0 Å². The lowest BCUT2D eigenvalue weighted by Gasteiger charge is -2.30. The summed E-state index contributed by atoms with van der Waals surface area (Å²) in [4.78, 5) is 25.3. The minimum absolute atomic E-state index is 0.119. The largest absolute Gasteiger partial charge is 0.469 e. The van der Waals surface area contributed by atoms with Crippen molar-refractivity contribution in [3.8, 4) is 0 Å². The highest BCUT2D eigenvalue weighted by Gasteiger charge is 2.28. The van der Waals surface area contributed by atoms with E-state index in [4.69, 9.17) is 9.15 Å². The van der Waals surface area contributed by atoms with Crippen LogP contribution < -0.4 is 0 Å². The van der Waals surface area contributed by atoms with Crippen LogP contribution in [0.25, 0.3) is 6.08 Å². The van der Waals surface area contributed by atoms with Crippen molar-refractivity contribution < 1.29 is 18.7 Å². The van der Waals surface area contributed by atoms with Crippen molar-refractivity contribution in [2.75, 3.05) is 20.2 Å². The van der Waals surface area contributed by atoms with Gasteiger partial charge in [-0.2, -0.15) is 0 Å². The third-order valence-electron chi connectivity index (χ3n) is 3.25. The van der Waals surface area contributed by atoms with Gasteiger partial charge in [-0.3, -0.25) is 9.59 Å². The Morgan fingerprint density at radius 1 is 1.50 bits per heavy atom. The Hall–Kier alpha value is -1.56. The molecule has 0 radical (unpaired) electrons. The Kier molecular flexibility index (Phi) is 5.00. The summed E-state index contributed by atoms with van der Waals surface area (Å²) >= 11 is 3.20. The van der Waals surface area contributed by atoms with Crippen molar-refractivity contribution in [1.29, 1.82) is 0 Å². The van der Waals surface area contributed by atoms with E-state index >= 15 is 0 Å². The number of nitrogens with zero attached hydrogens (tertiary/aromatic N) is 1. The van der Waals surface area contributed by atoms with E-state index in [0.717, 1.165) is 12.8 Å². The van der Waals surface area contributed by atoms with Crippen molar-refractivity contribution in [3.63, 3.8) is 0 Å². The molecule has 2 rings (SSSR count). The fourth-order valence-electron chi connectivity index (χ4n) is 2.21. The molecule has 1 amide bonds. The molecule has 0 aliphatic carbocycles. The number of rotatable bonds is 3. The molecule has 0 aromatic carbocycles. The van der Waals surface area contributed by atoms with E-state index in [1.165, 1.54) is 13.2 Å². The molecular formula is C14H16BrNO4. The first-order valence-corrected chi connectivity index (χ1v) is 7.19. The number of esters is 1. The standard InChI is InChI=1S/C14H16BrNO4/c1-19-14(18)10-3-2-8-16(9-10)13(17)7-5-11-4-6-12(15)20-11/h4-7,10H,2-3,8-9H2,1H3/b7-5+/t10-/m0/s1. The Labute approximate surface area is 125 Å². The van der Waals surface area contributed by atoms with Crippen LogP contribution in [0.4, 0.5) is 0 Å². The van der Waals surface area contributed by atoms with Gasteiger partial charge in [0.1, 0.15) is 5.76 Å². The van der Waals surface area contributed by atoms with E-state index in [1.54, 1.807) is 23.1 Å². The molecule has 0 spiro atoms. The van der Waals surface area contributed by atoms with E-state index < -0.39 is 0 Å². The minimum atomic E-state index is -0.249. The van der Waals surface area contributed by atoms with Crippen molar-refractivity contribution >= 4 is 33.9 Å². The summed E-state index contributed by atoms with van der Waals surface area (Å²) in [6, 6.07) is 3.53. The van der Waals surface area contributed by atoms with Gasteiger partial charge in [-0.15, -0.1) is 0 Å². The number of hydrogen-bond donors (Lipinski definition) is 0. The number of carbonyl (C=O) groups is 2. The quantitative estimate of drug-likeness (QED) is 0.625. The lowest BCUT2D eigenvalue weighted by molar-refractivity contribution is -0.148. The van der Waals surface area contributed by atoms with Crippen molar-refractivity contribution in [1.82, 2.24) is 4.90 Å². The van der Waals surface area contributed by atoms with Crippen LogP contribution in [0.5, 0.6) is 0 Å². The SMILES string of the molecule is COC(=O)[C@H]1CCCN(C(=O)/C=C/c2ccc(Br)o2)C1. The molecule has 5 nitrogen and oxygen atoms in total. The molecule has 0 N–H and O–H groups in total. The molecule has 108 valence electrons. The fourth-order valence-corrected chi connectivity index (χ4v) is 2.53. The highest BCUT2D eigenvalue weighted by atomic mass is 79.9. The predicted molar refractivity (Wildman–Crippen MR) is 76.8 cm³/mol. The van der Waals surface area contributed by atoms with Crippen LogP contribution in [0, 0.1) is 5.92 Å². The van der Waals surface area contributed by atoms with Gasteiger partial charge < -0.3 is 14.1 Å². The third-order valence-corrected chi connectivity index (χ3v) is 3.68. The molecule has 1 atom stereocenters. The molecule has 1 saturated heterocycles. The molecule has 0 bridgehead atoms. The summed E-state index contributed by atoms with van der Waals surface area (Å²) in [7, 11) is 1.37. The second-order valence-corrected chi connectivity index (χ2v) is 5.40. The van der Waals surface area contributed by atoms with E-state index in [-0.39, 0.29) is 17.8 Å². The van der Waals surface area contributed by atoms with Gasteiger partial charge in [-0.25, -0.2) is 0 Å². The van der Waals surface area contributed by atoms with Gasteiger partial charge in [0.15, 0.2) is 4.67 Å². The smallest absolute Gasteiger partial charge is 0.310 e. The number of carbonyl (C=O) groups excluding carboxylic acids is 2. The van der Waals surface area contributed by atoms with Crippen LogP contribution >= 0.6 is 15.9 Å². The van der Waals surface area contributed by atoms with Crippen LogP contribution in [-0.2, 0) is 14.3 Å². The molecular weight excluding hydrogens is 326 g/mol. The van der Waals surface area contributed by atoms with E-state index in [0.29, 0.717) is 23.5 Å². The number of halogens is 1. The fraction of sp³-hybridized carbons (Fsp3) is 0.429. The first kappa shape index (κ1) is 14.8. The summed E-state index contributed by atoms with van der Waals surface area (Å²) in [5.74, 6) is 0.0168. The van der Waals surface area contributed by atoms with Crippen LogP contribution in [0.15, 0.2) is 27.3 Å². The number of amides is 1. The molecule has 0 saturated carbocycles. The maximum Gasteiger partial charge on any atom is 0.310 e. The van der Waals surface area contributed by atoms with Gasteiger partial charge in [-0.1, -0.05) is 0 Å². The summed E-state index contributed by atoms with van der Waals surface area (Å²) in [5.41, 5.74) is 0. The van der Waals surface area contributed by atoms with Crippen molar-refractivity contribution in [3.05, 3.63) is 28.6 Å². The maximum absolute atomic E-state index is 12.1. The zero-order valence-corrected chi connectivity index (χ0v) is 12.8. The minimum Gasteiger partial charge on any atom is -0.469 e. The highest BCUT2D eigenvalue weighted by molar-refractivity contribution is 9.10. The predicted octanol–water partition coefficient (Wildman–Crippen LogP) is 2.47. The van der Waals surface area contributed by atoms with Gasteiger partial charge in [0.2, 0.25) is 5.91 Å². The summed E-state index contributed by atoms with van der Waals surface area (Å²) in [5, 5.41) is 0. The van der Waals surface area contributed by atoms with Crippen LogP contribution in [-0.4, -0.2) is 37.0 Å². The third kappa shape index (κ3) is 3.72. The normalized spacial score (nSPS) is 19.3. The number of furan rings is 1. The molecule has 1 aliphatic heterocycles. The first-order chi connectivity index (χ1) is 9.60. The molecule has 6 heteroatoms. The Morgan fingerprint density at radius 3 is 2.95 bits per heavy atom. The van der Waals surface area contributed by atoms with Gasteiger partial charge in [0.25, 0.3) is 0 Å². The van der Waals surface area contributed by atoms with E-state index in [2.05, 4.69) is 15.9 Å². The number of methoxy groups -OCH3 is 1. The molecule has 1 aliphatic rings. The molecule has 1 aromatic heterocycles. The lowest BCUT2D eigenvalue weighted by Crippen LogP contribution is -2.41. The maximum atomic E-state index is 12.1. The zero-order chi connectivity index (χ0) is 14.5. The summed E-state index contributed by atoms with van der Waals surface area (Å²) in [6.45, 7) is 1.08.